The summed E-state index contributed by atoms with van der Waals surface area (Å²) in [5, 5.41) is 28.9. The Labute approximate surface area is 377 Å². The molecule has 65 heavy (non-hydrogen) atoms. The van der Waals surface area contributed by atoms with Gasteiger partial charge in [0.1, 0.15) is 24.2 Å². The highest BCUT2D eigenvalue weighted by Crippen LogP contribution is 2.65. The molecule has 3 saturated carbocycles. The molecule has 2 bridgehead atoms. The second kappa shape index (κ2) is 20.4. The minimum absolute atomic E-state index is 0.0231. The molecule has 0 unspecified atom stereocenters. The predicted octanol–water partition coefficient (Wildman–Crippen LogP) is 2.81. The van der Waals surface area contributed by atoms with Crippen molar-refractivity contribution in [3.63, 3.8) is 0 Å². The number of carboxylic acids is 2. The first kappa shape index (κ1) is 51.2. The van der Waals surface area contributed by atoms with Crippen LogP contribution >= 0.6 is 0 Å². The Bertz CT molecular complexity index is 1970. The summed E-state index contributed by atoms with van der Waals surface area (Å²) in [7, 11) is -0.912. The lowest BCUT2D eigenvalue weighted by atomic mass is 9.43. The van der Waals surface area contributed by atoms with Crippen molar-refractivity contribution < 1.29 is 66.3 Å². The molecule has 5 fully saturated rings. The van der Waals surface area contributed by atoms with Gasteiger partial charge in [0.15, 0.2) is 0 Å². The number of amides is 5. The average molecular weight is 921 g/mol. The summed E-state index contributed by atoms with van der Waals surface area (Å²) in [6.07, 6.45) is -3.70. The molecule has 2 saturated heterocycles. The molecule has 10 atom stereocenters. The first-order valence-electron chi connectivity index (χ1n) is 22.4. The van der Waals surface area contributed by atoms with Crippen molar-refractivity contribution in [1.29, 1.82) is 0 Å². The van der Waals surface area contributed by atoms with E-state index in [9.17, 15) is 51.8 Å². The Morgan fingerprint density at radius 2 is 1.55 bits per heavy atom. The second-order valence-corrected chi connectivity index (χ2v) is 19.5. The lowest BCUT2D eigenvalue weighted by Crippen LogP contribution is -2.65. The quantitative estimate of drug-likeness (QED) is 0.0933. The van der Waals surface area contributed by atoms with Crippen LogP contribution in [0.5, 0.6) is 0 Å². The fourth-order valence-electron chi connectivity index (χ4n) is 9.97. The summed E-state index contributed by atoms with van der Waals surface area (Å²) in [4.78, 5) is 92.6. The Morgan fingerprint density at radius 3 is 2.15 bits per heavy atom. The standard InChI is InChI=1S/C44H64BF3N6O11/c1-22(2)35(52-38(60)28(14-16-33(55)56)50-37(59)27(49)21-34(57)58)40(62)53-36(23(3)4)41(63)54-17-9-12-29(54)39(61)51-32(15-13-24-10-8-11-25(18-24)44(46,47)48)45-64-31-20-26-19-30(42(26,5)6)43(31,7)65-45/h8,10-11,18,22-23,26-32,35-36H,9,12-17,19-21,49H2,1-7H3,(H,50,59)(H,51,61)(H,52,60)(H,53,62)(H,55,56)(H,57,58)/t26-,27-,28-,29-,30-,31-,32-,35-,36-,43+/m0/s1. The van der Waals surface area contributed by atoms with Gasteiger partial charge in [-0.2, -0.15) is 13.2 Å². The number of carboxylic acid groups (broad SMARTS) is 2. The van der Waals surface area contributed by atoms with Gasteiger partial charge in [-0.3, -0.25) is 33.6 Å². The molecule has 0 aromatic heterocycles. The summed E-state index contributed by atoms with van der Waals surface area (Å²) in [6, 6.07) is -1.49. The van der Waals surface area contributed by atoms with Gasteiger partial charge in [-0.15, -0.1) is 0 Å². The van der Waals surface area contributed by atoms with E-state index >= 15 is 0 Å². The number of nitrogens with one attached hydrogen (secondary N) is 4. The molecule has 2 heterocycles. The van der Waals surface area contributed by atoms with Crippen LogP contribution in [0, 0.1) is 29.1 Å². The normalized spacial score (nSPS) is 25.7. The number of nitrogens with two attached hydrogens (primary N) is 1. The largest absolute Gasteiger partial charge is 0.481 e. The van der Waals surface area contributed by atoms with E-state index < -0.39 is 133 Å². The van der Waals surface area contributed by atoms with E-state index in [-0.39, 0.29) is 43.2 Å². The van der Waals surface area contributed by atoms with Gasteiger partial charge in [0.05, 0.1) is 35.7 Å². The van der Waals surface area contributed by atoms with Gasteiger partial charge in [0, 0.05) is 13.0 Å². The molecule has 0 radical (unpaired) electrons. The van der Waals surface area contributed by atoms with Crippen LogP contribution in [0.2, 0.25) is 0 Å². The van der Waals surface area contributed by atoms with E-state index in [1.165, 1.54) is 11.0 Å². The lowest BCUT2D eigenvalue weighted by Gasteiger charge is -2.64. The number of alkyl halides is 3. The van der Waals surface area contributed by atoms with E-state index in [1.54, 1.807) is 33.8 Å². The van der Waals surface area contributed by atoms with Gasteiger partial charge in [0.25, 0.3) is 0 Å². The van der Waals surface area contributed by atoms with Crippen molar-refractivity contribution >= 4 is 48.6 Å². The van der Waals surface area contributed by atoms with Gasteiger partial charge in [-0.25, -0.2) is 0 Å². The van der Waals surface area contributed by atoms with Crippen LogP contribution in [-0.2, 0) is 55.5 Å². The minimum Gasteiger partial charge on any atom is -0.481 e. The molecular formula is C44H64BF3N6O11. The third kappa shape index (κ3) is 11.8. The maximum atomic E-state index is 14.4. The predicted molar refractivity (Wildman–Crippen MR) is 229 cm³/mol. The van der Waals surface area contributed by atoms with Gasteiger partial charge in [-0.05, 0) is 92.6 Å². The third-order valence-electron chi connectivity index (χ3n) is 14.0. The number of carbonyl (C=O) groups excluding carboxylic acids is 5. The fourth-order valence-corrected chi connectivity index (χ4v) is 9.97. The maximum absolute atomic E-state index is 14.4. The number of benzene rings is 1. The number of aryl methyl sites for hydroxylation is 1. The average Bonchev–Trinajstić information content (AvgIpc) is 3.85. The van der Waals surface area contributed by atoms with Crippen molar-refractivity contribution in [3.8, 4) is 0 Å². The molecule has 5 aliphatic rings. The summed E-state index contributed by atoms with van der Waals surface area (Å²) < 4.78 is 54.1. The van der Waals surface area contributed by atoms with Crippen LogP contribution in [0.4, 0.5) is 13.2 Å². The molecule has 1 aromatic rings. The monoisotopic (exact) mass is 920 g/mol. The fraction of sp³-hybridized carbons (Fsp3) is 0.705. The molecule has 360 valence electrons. The molecule has 3 aliphatic carbocycles. The molecule has 17 nitrogen and oxygen atoms in total. The number of hydrogen-bond acceptors (Lipinski definition) is 10. The molecule has 8 N–H and O–H groups in total. The van der Waals surface area contributed by atoms with Gasteiger partial charge in [0.2, 0.25) is 29.5 Å². The zero-order chi connectivity index (χ0) is 48.3. The Hall–Kier alpha value is -4.76. The van der Waals surface area contributed by atoms with Crippen LogP contribution in [0.15, 0.2) is 24.3 Å². The van der Waals surface area contributed by atoms with E-state index in [0.717, 1.165) is 25.0 Å². The number of likely N-dealkylation sites (tertiary alicyclic amines) is 1. The zero-order valence-corrected chi connectivity index (χ0v) is 38.0. The first-order chi connectivity index (χ1) is 30.2. The smallest absolute Gasteiger partial charge is 0.481 e. The van der Waals surface area contributed by atoms with Crippen molar-refractivity contribution in [2.24, 2.45) is 34.8 Å². The van der Waals surface area contributed by atoms with Crippen LogP contribution in [-0.4, -0.2) is 118 Å². The Kier molecular flexibility index (Phi) is 16.1. The second-order valence-electron chi connectivity index (χ2n) is 19.5. The molecular weight excluding hydrogens is 856 g/mol. The highest BCUT2D eigenvalue weighted by atomic mass is 19.4. The maximum Gasteiger partial charge on any atom is 0.481 e. The van der Waals surface area contributed by atoms with E-state index in [2.05, 4.69) is 35.1 Å². The number of rotatable bonds is 20. The lowest BCUT2D eigenvalue weighted by molar-refractivity contribution is -0.199. The number of aliphatic carboxylic acids is 2. The minimum atomic E-state index is -4.54. The first-order valence-corrected chi connectivity index (χ1v) is 22.4. The number of carbonyl (C=O) groups is 7. The number of nitrogens with zero attached hydrogens (tertiary/aromatic N) is 1. The molecule has 5 amide bonds. The number of hydrogen-bond donors (Lipinski definition) is 7. The van der Waals surface area contributed by atoms with E-state index in [0.29, 0.717) is 17.9 Å². The number of halogens is 3. The van der Waals surface area contributed by atoms with E-state index in [4.69, 9.17) is 20.1 Å². The summed E-state index contributed by atoms with van der Waals surface area (Å²) in [5.74, 6) is -7.72. The topological polar surface area (TPSA) is 256 Å². The van der Waals surface area contributed by atoms with E-state index in [1.807, 2.05) is 6.92 Å². The van der Waals surface area contributed by atoms with Gasteiger partial charge < -0.3 is 51.4 Å². The van der Waals surface area contributed by atoms with Crippen LogP contribution < -0.4 is 27.0 Å². The Morgan fingerprint density at radius 1 is 0.892 bits per heavy atom. The van der Waals surface area contributed by atoms with Gasteiger partial charge >= 0.3 is 25.2 Å². The van der Waals surface area contributed by atoms with Crippen molar-refractivity contribution in [1.82, 2.24) is 26.2 Å². The molecule has 6 rings (SSSR count). The summed E-state index contributed by atoms with van der Waals surface area (Å²) >= 11 is 0. The Balaban J connectivity index is 1.30. The zero-order valence-electron chi connectivity index (χ0n) is 38.0. The summed E-state index contributed by atoms with van der Waals surface area (Å²) in [6.45, 7) is 13.2. The molecule has 21 heteroatoms. The summed E-state index contributed by atoms with van der Waals surface area (Å²) in [5.41, 5.74) is 4.65. The van der Waals surface area contributed by atoms with Crippen LogP contribution in [0.25, 0.3) is 0 Å². The van der Waals surface area contributed by atoms with Crippen LogP contribution in [0.1, 0.15) is 111 Å². The van der Waals surface area contributed by atoms with Crippen molar-refractivity contribution in [2.45, 2.75) is 160 Å². The highest BCUT2D eigenvalue weighted by molar-refractivity contribution is 6.48. The SMILES string of the molecule is CC(C)[C@H](NC(=O)[C@H](CCC(=O)O)NC(=O)[C@@H](N)CC(=O)O)C(=O)N[C@H](C(=O)N1CCC[C@H]1C(=O)N[C@@H](CCc1cccc(C(F)(F)F)c1)B1O[C@H]2C[C@@H]3C[C@@H](C3(C)C)[C@@]2(C)O1)C(C)C. The third-order valence-corrected chi connectivity index (χ3v) is 14.0. The van der Waals surface area contributed by atoms with Crippen LogP contribution in [0.3, 0.4) is 0 Å². The highest BCUT2D eigenvalue weighted by Gasteiger charge is 2.68. The molecule has 2 aliphatic heterocycles. The molecule has 1 aromatic carbocycles. The van der Waals surface area contributed by atoms with Crippen molar-refractivity contribution in [2.75, 3.05) is 6.54 Å². The van der Waals surface area contributed by atoms with Crippen molar-refractivity contribution in [3.05, 3.63) is 35.4 Å². The van der Waals surface area contributed by atoms with Gasteiger partial charge in [-0.1, -0.05) is 59.7 Å². The molecule has 0 spiro atoms.